The second-order valence-electron chi connectivity index (χ2n) is 9.72. The van der Waals surface area contributed by atoms with E-state index in [0.29, 0.717) is 5.56 Å². The molecule has 16 heteroatoms. The summed E-state index contributed by atoms with van der Waals surface area (Å²) < 4.78 is 37.8. The number of carbonyl (C=O) groups excluding carboxylic acids is 4. The van der Waals surface area contributed by atoms with E-state index in [-0.39, 0.29) is 5.75 Å². The minimum absolute atomic E-state index is 0.00174. The van der Waals surface area contributed by atoms with Gasteiger partial charge in [0.2, 0.25) is 12.1 Å². The number of hydrogen-bond acceptors (Lipinski definition) is 16. The van der Waals surface area contributed by atoms with E-state index < -0.39 is 98.5 Å². The Bertz CT molecular complexity index is 1170. The first kappa shape index (κ1) is 33.9. The quantitative estimate of drug-likeness (QED) is 0.106. The van der Waals surface area contributed by atoms with E-state index in [1.165, 1.54) is 30.3 Å². The highest BCUT2D eigenvalue weighted by atomic mass is 16.8. The van der Waals surface area contributed by atoms with Gasteiger partial charge < -0.3 is 58.7 Å². The van der Waals surface area contributed by atoms with E-state index in [9.17, 15) is 44.7 Å². The maximum Gasteiger partial charge on any atom is 0.331 e. The fraction of sp³-hybridized carbons (Fsp3) is 0.556. The third-order valence-corrected chi connectivity index (χ3v) is 6.39. The zero-order chi connectivity index (χ0) is 31.9. The van der Waals surface area contributed by atoms with Crippen LogP contribution in [0.3, 0.4) is 0 Å². The van der Waals surface area contributed by atoms with E-state index >= 15 is 0 Å². The van der Waals surface area contributed by atoms with Gasteiger partial charge in [0.05, 0.1) is 6.61 Å². The predicted molar refractivity (Wildman–Crippen MR) is 138 cm³/mol. The molecule has 0 saturated carbocycles. The molecule has 1 aromatic carbocycles. The highest BCUT2D eigenvalue weighted by Gasteiger charge is 2.62. The molecule has 9 unspecified atom stereocenters. The van der Waals surface area contributed by atoms with Crippen molar-refractivity contribution in [2.75, 3.05) is 19.8 Å². The van der Waals surface area contributed by atoms with Crippen molar-refractivity contribution in [1.82, 2.24) is 0 Å². The summed E-state index contributed by atoms with van der Waals surface area (Å²) in [7, 11) is 0. The number of carbonyl (C=O) groups is 4. The van der Waals surface area contributed by atoms with E-state index in [2.05, 4.69) is 0 Å². The van der Waals surface area contributed by atoms with Gasteiger partial charge in [0.15, 0.2) is 12.2 Å². The van der Waals surface area contributed by atoms with Crippen molar-refractivity contribution in [3.05, 3.63) is 35.9 Å². The van der Waals surface area contributed by atoms with Crippen molar-refractivity contribution in [2.24, 2.45) is 0 Å². The molecular formula is C27H34O16. The average molecular weight is 615 g/mol. The fourth-order valence-corrected chi connectivity index (χ4v) is 4.37. The summed E-state index contributed by atoms with van der Waals surface area (Å²) in [6, 6.07) is 5.77. The molecule has 16 nitrogen and oxygen atoms in total. The van der Waals surface area contributed by atoms with Gasteiger partial charge in [0.1, 0.15) is 49.5 Å². The summed E-state index contributed by atoms with van der Waals surface area (Å²) >= 11 is 0. The van der Waals surface area contributed by atoms with Gasteiger partial charge in [-0.05, 0) is 23.8 Å². The number of benzene rings is 1. The van der Waals surface area contributed by atoms with Gasteiger partial charge in [0, 0.05) is 26.8 Å². The molecule has 0 amide bonds. The van der Waals surface area contributed by atoms with Crippen LogP contribution >= 0.6 is 0 Å². The Hall–Kier alpha value is -3.64. The summed E-state index contributed by atoms with van der Waals surface area (Å²) in [6.45, 7) is 0.873. The molecule has 2 fully saturated rings. The van der Waals surface area contributed by atoms with Gasteiger partial charge in [-0.1, -0.05) is 12.1 Å². The number of rotatable bonds is 11. The number of hydrogen-bond donors (Lipinski definition) is 5. The van der Waals surface area contributed by atoms with Crippen LogP contribution < -0.4 is 0 Å². The normalized spacial score (nSPS) is 32.3. The largest absolute Gasteiger partial charge is 0.508 e. The smallest absolute Gasteiger partial charge is 0.331 e. The first-order chi connectivity index (χ1) is 20.3. The Morgan fingerprint density at radius 1 is 0.884 bits per heavy atom. The topological polar surface area (TPSA) is 234 Å². The summed E-state index contributed by atoms with van der Waals surface area (Å²) in [5, 5.41) is 51.5. The van der Waals surface area contributed by atoms with Crippen LogP contribution in [0.15, 0.2) is 30.3 Å². The van der Waals surface area contributed by atoms with Gasteiger partial charge in [-0.2, -0.15) is 0 Å². The third kappa shape index (κ3) is 8.70. The van der Waals surface area contributed by atoms with Gasteiger partial charge >= 0.3 is 23.9 Å². The first-order valence-electron chi connectivity index (χ1n) is 13.0. The highest BCUT2D eigenvalue weighted by molar-refractivity contribution is 5.87. The van der Waals surface area contributed by atoms with Gasteiger partial charge in [0.25, 0.3) is 0 Å². The van der Waals surface area contributed by atoms with E-state index in [1.54, 1.807) is 0 Å². The van der Waals surface area contributed by atoms with Crippen LogP contribution in [-0.2, 0) is 52.3 Å². The summed E-state index contributed by atoms with van der Waals surface area (Å²) in [4.78, 5) is 47.8. The van der Waals surface area contributed by atoms with Crippen molar-refractivity contribution >= 4 is 30.0 Å². The van der Waals surface area contributed by atoms with Crippen molar-refractivity contribution < 1.29 is 77.9 Å². The molecule has 9 atom stereocenters. The van der Waals surface area contributed by atoms with Crippen molar-refractivity contribution in [3.63, 3.8) is 0 Å². The Balaban J connectivity index is 1.97. The monoisotopic (exact) mass is 614 g/mol. The number of ether oxygens (including phenoxy) is 7. The van der Waals surface area contributed by atoms with Crippen LogP contribution in [0, 0.1) is 0 Å². The Labute approximate surface area is 245 Å². The number of esters is 4. The molecule has 3 rings (SSSR count). The minimum atomic E-state index is -2.43. The second-order valence-corrected chi connectivity index (χ2v) is 9.72. The van der Waals surface area contributed by atoms with Gasteiger partial charge in [-0.25, -0.2) is 4.79 Å². The SMILES string of the molecule is CC(=O)OCC1OC(OC2(COC(C)=O)OC(CO)C(O)C2OC(=O)C=Cc2ccc(O)cc2)C(OC(C)=O)C(O)C1O. The van der Waals surface area contributed by atoms with Crippen molar-refractivity contribution in [3.8, 4) is 5.75 Å². The lowest BCUT2D eigenvalue weighted by atomic mass is 9.98. The molecule has 0 aliphatic carbocycles. The predicted octanol–water partition coefficient (Wildman–Crippen LogP) is -1.71. The highest BCUT2D eigenvalue weighted by Crippen LogP contribution is 2.39. The Kier molecular flexibility index (Phi) is 11.6. The molecule has 238 valence electrons. The zero-order valence-corrected chi connectivity index (χ0v) is 23.4. The maximum absolute atomic E-state index is 12.8. The second kappa shape index (κ2) is 14.7. The third-order valence-electron chi connectivity index (χ3n) is 6.39. The van der Waals surface area contributed by atoms with Crippen LogP contribution in [0.2, 0.25) is 0 Å². The van der Waals surface area contributed by atoms with Crippen molar-refractivity contribution in [2.45, 2.75) is 75.6 Å². The van der Waals surface area contributed by atoms with Crippen LogP contribution in [0.5, 0.6) is 5.75 Å². The molecule has 2 saturated heterocycles. The molecule has 2 heterocycles. The van der Waals surface area contributed by atoms with Crippen molar-refractivity contribution in [1.29, 1.82) is 0 Å². The lowest BCUT2D eigenvalue weighted by Crippen LogP contribution is -2.64. The molecule has 1 aromatic rings. The summed E-state index contributed by atoms with van der Waals surface area (Å²) in [6.07, 6.45) is -11.4. The van der Waals surface area contributed by atoms with E-state index in [0.717, 1.165) is 26.8 Å². The summed E-state index contributed by atoms with van der Waals surface area (Å²) in [5.41, 5.74) is 0.500. The number of aliphatic hydroxyl groups excluding tert-OH is 4. The molecule has 43 heavy (non-hydrogen) atoms. The summed E-state index contributed by atoms with van der Waals surface area (Å²) in [5.74, 6) is -5.99. The molecule has 0 aromatic heterocycles. The van der Waals surface area contributed by atoms with Crippen LogP contribution in [0.1, 0.15) is 26.3 Å². The fourth-order valence-electron chi connectivity index (χ4n) is 4.37. The lowest BCUT2D eigenvalue weighted by Gasteiger charge is -2.44. The zero-order valence-electron chi connectivity index (χ0n) is 23.4. The van der Waals surface area contributed by atoms with Crippen LogP contribution in [0.4, 0.5) is 0 Å². The number of phenols is 1. The Morgan fingerprint density at radius 2 is 1.53 bits per heavy atom. The number of phenolic OH excluding ortho intramolecular Hbond substituents is 1. The molecular weight excluding hydrogens is 580 g/mol. The molecule has 2 aliphatic heterocycles. The molecule has 0 radical (unpaired) electrons. The van der Waals surface area contributed by atoms with Crippen LogP contribution in [-0.4, -0.2) is 124 Å². The minimum Gasteiger partial charge on any atom is -0.508 e. The number of aliphatic hydroxyl groups is 4. The van der Waals surface area contributed by atoms with Crippen LogP contribution in [0.25, 0.3) is 6.08 Å². The molecule has 0 spiro atoms. The van der Waals surface area contributed by atoms with Gasteiger partial charge in [-0.3, -0.25) is 14.4 Å². The van der Waals surface area contributed by atoms with E-state index in [4.69, 9.17) is 33.2 Å². The maximum atomic E-state index is 12.8. The Morgan fingerprint density at radius 3 is 2.12 bits per heavy atom. The average Bonchev–Trinajstić information content (AvgIpc) is 3.20. The van der Waals surface area contributed by atoms with E-state index in [1.807, 2.05) is 0 Å². The standard InChI is InChI=1S/C27H34O16/c1-13(29)37-11-19-21(34)23(36)24(39-15(3)31)26(40-19)43-27(12-38-14(2)30)25(22(35)18(10-28)42-27)41-20(33)9-6-16-4-7-17(32)8-5-16/h4-9,18-19,21-26,28,32,34-36H,10-12H2,1-3H3. The number of aromatic hydroxyl groups is 1. The lowest BCUT2D eigenvalue weighted by molar-refractivity contribution is -0.384. The van der Waals surface area contributed by atoms with Gasteiger partial charge in [-0.15, -0.1) is 0 Å². The molecule has 2 aliphatic rings. The first-order valence-corrected chi connectivity index (χ1v) is 13.0. The molecule has 5 N–H and O–H groups in total. The molecule has 0 bridgehead atoms.